The van der Waals surface area contributed by atoms with Crippen molar-refractivity contribution in [2.75, 3.05) is 24.4 Å². The normalized spacial score (nSPS) is 10.1. The number of amides is 2. The number of pyridine rings is 1. The number of esters is 1. The number of methoxy groups -OCH3 is 1. The third kappa shape index (κ3) is 4.47. The van der Waals surface area contributed by atoms with Crippen LogP contribution in [0.15, 0.2) is 73.1 Å². The lowest BCUT2D eigenvalue weighted by molar-refractivity contribution is 0.0601. The van der Waals surface area contributed by atoms with Crippen LogP contribution in [0.25, 0.3) is 0 Å². The highest BCUT2D eigenvalue weighted by Gasteiger charge is 2.18. The molecule has 0 atom stereocenters. The molecular formula is C22H19N3O4. The molecule has 1 heterocycles. The number of ether oxygens (including phenoxy) is 1. The van der Waals surface area contributed by atoms with Crippen molar-refractivity contribution in [3.8, 4) is 0 Å². The minimum atomic E-state index is -0.563. The number of aromatic nitrogens is 1. The van der Waals surface area contributed by atoms with E-state index in [4.69, 9.17) is 4.74 Å². The van der Waals surface area contributed by atoms with Crippen LogP contribution < -0.4 is 10.2 Å². The Bertz CT molecular complexity index is 1050. The smallest absolute Gasteiger partial charge is 0.339 e. The fourth-order valence-corrected chi connectivity index (χ4v) is 2.72. The highest BCUT2D eigenvalue weighted by atomic mass is 16.5. The molecule has 7 heteroatoms. The van der Waals surface area contributed by atoms with Crippen LogP contribution in [0.1, 0.15) is 31.1 Å². The maximum Gasteiger partial charge on any atom is 0.339 e. The Kier molecular flexibility index (Phi) is 5.99. The van der Waals surface area contributed by atoms with E-state index in [-0.39, 0.29) is 22.6 Å². The average molecular weight is 389 g/mol. The fourth-order valence-electron chi connectivity index (χ4n) is 2.72. The first-order valence-electron chi connectivity index (χ1n) is 8.78. The molecule has 0 unspecified atom stereocenters. The molecule has 0 saturated heterocycles. The fraction of sp³-hybridized carbons (Fsp3) is 0.0909. The zero-order valence-corrected chi connectivity index (χ0v) is 16.0. The van der Waals surface area contributed by atoms with Gasteiger partial charge in [0, 0.05) is 25.1 Å². The number of benzene rings is 2. The number of nitrogens with one attached hydrogen (secondary N) is 1. The molecule has 0 aliphatic rings. The summed E-state index contributed by atoms with van der Waals surface area (Å²) in [6, 6.07) is 17.1. The van der Waals surface area contributed by atoms with E-state index < -0.39 is 11.9 Å². The van der Waals surface area contributed by atoms with Crippen LogP contribution in [-0.2, 0) is 4.74 Å². The number of nitrogens with zero attached hydrogens (tertiary/aromatic N) is 2. The SMILES string of the molecule is COC(=O)c1ccccc1NC(=O)c1cncc(C(=O)N(C)c2ccccc2)c1. The number of para-hydroxylation sites is 2. The summed E-state index contributed by atoms with van der Waals surface area (Å²) in [6.45, 7) is 0. The molecule has 3 rings (SSSR count). The first-order valence-corrected chi connectivity index (χ1v) is 8.78. The Morgan fingerprint density at radius 3 is 2.31 bits per heavy atom. The zero-order valence-electron chi connectivity index (χ0n) is 16.0. The van der Waals surface area contributed by atoms with Crippen LogP contribution in [0.2, 0.25) is 0 Å². The number of carbonyl (C=O) groups is 3. The van der Waals surface area contributed by atoms with Crippen molar-refractivity contribution in [2.24, 2.45) is 0 Å². The first kappa shape index (κ1) is 19.8. The summed E-state index contributed by atoms with van der Waals surface area (Å²) in [4.78, 5) is 42.8. The summed E-state index contributed by atoms with van der Waals surface area (Å²) < 4.78 is 4.73. The molecule has 0 aliphatic heterocycles. The molecule has 0 saturated carbocycles. The van der Waals surface area contributed by atoms with E-state index in [2.05, 4.69) is 10.3 Å². The zero-order chi connectivity index (χ0) is 20.8. The first-order chi connectivity index (χ1) is 14.0. The number of hydrogen-bond acceptors (Lipinski definition) is 5. The highest BCUT2D eigenvalue weighted by molar-refractivity contribution is 6.10. The van der Waals surface area contributed by atoms with E-state index in [0.717, 1.165) is 5.69 Å². The van der Waals surface area contributed by atoms with Gasteiger partial charge in [-0.2, -0.15) is 0 Å². The molecule has 7 nitrogen and oxygen atoms in total. The maximum atomic E-state index is 12.8. The van der Waals surface area contributed by atoms with Gasteiger partial charge in [0.15, 0.2) is 0 Å². The second-order valence-corrected chi connectivity index (χ2v) is 6.15. The van der Waals surface area contributed by atoms with Crippen LogP contribution in [-0.4, -0.2) is 36.9 Å². The Morgan fingerprint density at radius 1 is 0.931 bits per heavy atom. The van der Waals surface area contributed by atoms with Gasteiger partial charge < -0.3 is 15.0 Å². The molecular weight excluding hydrogens is 370 g/mol. The van der Waals surface area contributed by atoms with Gasteiger partial charge in [-0.05, 0) is 30.3 Å². The van der Waals surface area contributed by atoms with Gasteiger partial charge in [0.1, 0.15) is 0 Å². The monoisotopic (exact) mass is 389 g/mol. The topological polar surface area (TPSA) is 88.6 Å². The molecule has 146 valence electrons. The van der Waals surface area contributed by atoms with E-state index in [1.807, 2.05) is 30.3 Å². The van der Waals surface area contributed by atoms with E-state index in [9.17, 15) is 14.4 Å². The molecule has 0 radical (unpaired) electrons. The van der Waals surface area contributed by atoms with E-state index >= 15 is 0 Å². The predicted octanol–water partition coefficient (Wildman–Crippen LogP) is 3.40. The Labute approximate surface area is 167 Å². The van der Waals surface area contributed by atoms with Crippen LogP contribution >= 0.6 is 0 Å². The number of carbonyl (C=O) groups excluding carboxylic acids is 3. The summed E-state index contributed by atoms with van der Waals surface area (Å²) >= 11 is 0. The lowest BCUT2D eigenvalue weighted by Gasteiger charge is -2.17. The largest absolute Gasteiger partial charge is 0.465 e. The second kappa shape index (κ2) is 8.79. The van der Waals surface area contributed by atoms with Crippen LogP contribution in [0, 0.1) is 0 Å². The van der Waals surface area contributed by atoms with Gasteiger partial charge in [0.05, 0.1) is 29.5 Å². The van der Waals surface area contributed by atoms with Crippen molar-refractivity contribution in [2.45, 2.75) is 0 Å². The van der Waals surface area contributed by atoms with E-state index in [1.54, 1.807) is 31.3 Å². The molecule has 3 aromatic rings. The van der Waals surface area contributed by atoms with Crippen molar-refractivity contribution >= 4 is 29.2 Å². The van der Waals surface area contributed by atoms with Gasteiger partial charge in [-0.15, -0.1) is 0 Å². The van der Waals surface area contributed by atoms with Crippen LogP contribution in [0.3, 0.4) is 0 Å². The second-order valence-electron chi connectivity index (χ2n) is 6.15. The third-order valence-corrected chi connectivity index (χ3v) is 4.28. The quantitative estimate of drug-likeness (QED) is 0.676. The van der Waals surface area contributed by atoms with Crippen LogP contribution in [0.5, 0.6) is 0 Å². The molecule has 0 aliphatic carbocycles. The van der Waals surface area contributed by atoms with Gasteiger partial charge >= 0.3 is 5.97 Å². The third-order valence-electron chi connectivity index (χ3n) is 4.28. The van der Waals surface area contributed by atoms with Crippen molar-refractivity contribution in [3.63, 3.8) is 0 Å². The van der Waals surface area contributed by atoms with Crippen LogP contribution in [0.4, 0.5) is 11.4 Å². The lowest BCUT2D eigenvalue weighted by atomic mass is 10.1. The summed E-state index contributed by atoms with van der Waals surface area (Å²) in [6.07, 6.45) is 2.76. The maximum absolute atomic E-state index is 12.8. The molecule has 2 aromatic carbocycles. The summed E-state index contributed by atoms with van der Waals surface area (Å²) in [5.41, 5.74) is 1.72. The minimum Gasteiger partial charge on any atom is -0.465 e. The molecule has 0 bridgehead atoms. The summed E-state index contributed by atoms with van der Waals surface area (Å²) in [7, 11) is 2.92. The number of hydrogen-bond donors (Lipinski definition) is 1. The number of anilines is 2. The molecule has 2 amide bonds. The Hall–Kier alpha value is -4.00. The molecule has 1 N–H and O–H groups in total. The van der Waals surface area contributed by atoms with Gasteiger partial charge in [-0.3, -0.25) is 14.6 Å². The lowest BCUT2D eigenvalue weighted by Crippen LogP contribution is -2.26. The highest BCUT2D eigenvalue weighted by Crippen LogP contribution is 2.18. The van der Waals surface area contributed by atoms with Gasteiger partial charge in [-0.25, -0.2) is 4.79 Å². The Morgan fingerprint density at radius 2 is 1.59 bits per heavy atom. The predicted molar refractivity (Wildman–Crippen MR) is 109 cm³/mol. The minimum absolute atomic E-state index is 0.192. The van der Waals surface area contributed by atoms with Crippen molar-refractivity contribution in [3.05, 3.63) is 89.7 Å². The van der Waals surface area contributed by atoms with Crippen molar-refractivity contribution < 1.29 is 19.1 Å². The Balaban J connectivity index is 1.82. The van der Waals surface area contributed by atoms with E-state index in [0.29, 0.717) is 5.69 Å². The summed E-state index contributed by atoms with van der Waals surface area (Å²) in [5, 5.41) is 2.66. The molecule has 0 spiro atoms. The van der Waals surface area contributed by atoms with Gasteiger partial charge in [-0.1, -0.05) is 30.3 Å². The summed E-state index contributed by atoms with van der Waals surface area (Å²) in [5.74, 6) is -1.35. The van der Waals surface area contributed by atoms with Gasteiger partial charge in [0.25, 0.3) is 11.8 Å². The molecule has 1 aromatic heterocycles. The van der Waals surface area contributed by atoms with Crippen molar-refractivity contribution in [1.82, 2.24) is 4.98 Å². The number of rotatable bonds is 5. The molecule has 0 fully saturated rings. The van der Waals surface area contributed by atoms with E-state index in [1.165, 1.54) is 30.5 Å². The van der Waals surface area contributed by atoms with Crippen molar-refractivity contribution in [1.29, 1.82) is 0 Å². The molecule has 29 heavy (non-hydrogen) atoms. The van der Waals surface area contributed by atoms with Gasteiger partial charge in [0.2, 0.25) is 0 Å². The standard InChI is InChI=1S/C22H19N3O4/c1-25(17-8-4-3-5-9-17)21(27)16-12-15(13-23-14-16)20(26)24-19-11-7-6-10-18(19)22(28)29-2/h3-14H,1-2H3,(H,24,26). The average Bonchev–Trinajstić information content (AvgIpc) is 2.78.